The van der Waals surface area contributed by atoms with Crippen LogP contribution in [0, 0.1) is 0 Å². The highest BCUT2D eigenvalue weighted by Gasteiger charge is 2.30. The second-order valence-corrected chi connectivity index (χ2v) is 6.73. The second kappa shape index (κ2) is 7.35. The molecule has 0 saturated carbocycles. The highest BCUT2D eigenvalue weighted by molar-refractivity contribution is 7.99. The minimum Gasteiger partial charge on any atom is -0.340 e. The SMILES string of the molecule is O=C(c1cccnc1Nc1cccc(C(F)(F)F)c1)N1CCSCC1. The number of thioether (sulfide) groups is 1. The van der Waals surface area contributed by atoms with E-state index in [4.69, 9.17) is 0 Å². The van der Waals surface area contributed by atoms with E-state index < -0.39 is 11.7 Å². The van der Waals surface area contributed by atoms with Gasteiger partial charge in [-0.25, -0.2) is 4.98 Å². The number of hydrogen-bond donors (Lipinski definition) is 1. The number of halogens is 3. The van der Waals surface area contributed by atoms with E-state index in [9.17, 15) is 18.0 Å². The van der Waals surface area contributed by atoms with Crippen molar-refractivity contribution in [1.29, 1.82) is 0 Å². The van der Waals surface area contributed by atoms with Crippen molar-refractivity contribution in [2.75, 3.05) is 29.9 Å². The predicted octanol–water partition coefficient (Wildman–Crippen LogP) is 4.03. The standard InChI is InChI=1S/C17H16F3N3OS/c18-17(19,20)12-3-1-4-13(11-12)22-15-14(5-2-6-21-15)16(24)23-7-9-25-10-8-23/h1-6,11H,7-10H2,(H,21,22). The van der Waals surface area contributed by atoms with Gasteiger partial charge in [0.2, 0.25) is 0 Å². The van der Waals surface area contributed by atoms with Crippen molar-refractivity contribution in [3.8, 4) is 0 Å². The summed E-state index contributed by atoms with van der Waals surface area (Å²) in [5.74, 6) is 1.85. The van der Waals surface area contributed by atoms with Crippen molar-refractivity contribution >= 4 is 29.2 Å². The molecule has 25 heavy (non-hydrogen) atoms. The highest BCUT2D eigenvalue weighted by atomic mass is 32.2. The third-order valence-electron chi connectivity index (χ3n) is 3.79. The molecular formula is C17H16F3N3OS. The summed E-state index contributed by atoms with van der Waals surface area (Å²) in [6, 6.07) is 8.10. The van der Waals surface area contributed by atoms with E-state index in [1.54, 1.807) is 28.8 Å². The molecule has 1 aliphatic rings. The lowest BCUT2D eigenvalue weighted by atomic mass is 10.1. The van der Waals surface area contributed by atoms with Crippen LogP contribution in [-0.2, 0) is 6.18 Å². The Morgan fingerprint density at radius 1 is 1.16 bits per heavy atom. The van der Waals surface area contributed by atoms with Crippen LogP contribution in [0.5, 0.6) is 0 Å². The van der Waals surface area contributed by atoms with Crippen LogP contribution in [0.2, 0.25) is 0 Å². The van der Waals surface area contributed by atoms with E-state index in [-0.39, 0.29) is 17.4 Å². The quantitative estimate of drug-likeness (QED) is 0.890. The van der Waals surface area contributed by atoms with Crippen molar-refractivity contribution in [3.05, 3.63) is 53.7 Å². The molecule has 1 amide bonds. The Morgan fingerprint density at radius 3 is 2.64 bits per heavy atom. The van der Waals surface area contributed by atoms with E-state index >= 15 is 0 Å². The summed E-state index contributed by atoms with van der Waals surface area (Å²) in [7, 11) is 0. The fourth-order valence-corrected chi connectivity index (χ4v) is 3.43. The minimum atomic E-state index is -4.42. The molecule has 0 aliphatic carbocycles. The molecule has 2 heterocycles. The number of pyridine rings is 1. The number of amides is 1. The maximum atomic E-state index is 12.9. The maximum Gasteiger partial charge on any atom is 0.416 e. The summed E-state index contributed by atoms with van der Waals surface area (Å²) in [5.41, 5.74) is -0.169. The molecule has 132 valence electrons. The van der Waals surface area contributed by atoms with Gasteiger partial charge in [-0.05, 0) is 30.3 Å². The fraction of sp³-hybridized carbons (Fsp3) is 0.294. The summed E-state index contributed by atoms with van der Waals surface area (Å²) < 4.78 is 38.6. The number of nitrogens with zero attached hydrogens (tertiary/aromatic N) is 2. The number of carbonyl (C=O) groups is 1. The van der Waals surface area contributed by atoms with Crippen LogP contribution < -0.4 is 5.32 Å². The molecule has 1 aromatic heterocycles. The second-order valence-electron chi connectivity index (χ2n) is 5.51. The monoisotopic (exact) mass is 367 g/mol. The van der Waals surface area contributed by atoms with Crippen LogP contribution in [0.4, 0.5) is 24.7 Å². The van der Waals surface area contributed by atoms with Crippen LogP contribution in [0.3, 0.4) is 0 Å². The molecule has 2 aromatic rings. The summed E-state index contributed by atoms with van der Waals surface area (Å²) >= 11 is 1.79. The van der Waals surface area contributed by atoms with Crippen LogP contribution in [0.1, 0.15) is 15.9 Å². The van der Waals surface area contributed by atoms with Gasteiger partial charge in [0.1, 0.15) is 5.82 Å². The first-order valence-electron chi connectivity index (χ1n) is 7.71. The van der Waals surface area contributed by atoms with E-state index in [1.807, 2.05) is 0 Å². The number of nitrogens with one attached hydrogen (secondary N) is 1. The van der Waals surface area contributed by atoms with Gasteiger partial charge < -0.3 is 10.2 Å². The van der Waals surface area contributed by atoms with Crippen LogP contribution >= 0.6 is 11.8 Å². The summed E-state index contributed by atoms with van der Waals surface area (Å²) in [5, 5.41) is 2.84. The van der Waals surface area contributed by atoms with Crippen molar-refractivity contribution in [2.45, 2.75) is 6.18 Å². The Balaban J connectivity index is 1.85. The first-order valence-corrected chi connectivity index (χ1v) is 8.87. The van der Waals surface area contributed by atoms with Crippen LogP contribution in [-0.4, -0.2) is 40.4 Å². The average Bonchev–Trinajstić information content (AvgIpc) is 2.62. The van der Waals surface area contributed by atoms with Crippen molar-refractivity contribution < 1.29 is 18.0 Å². The largest absolute Gasteiger partial charge is 0.416 e. The van der Waals surface area contributed by atoms with Crippen molar-refractivity contribution in [3.63, 3.8) is 0 Å². The smallest absolute Gasteiger partial charge is 0.340 e. The number of carbonyl (C=O) groups excluding carboxylic acids is 1. The Kier molecular flexibility index (Phi) is 5.17. The molecule has 0 spiro atoms. The molecule has 0 bridgehead atoms. The fourth-order valence-electron chi connectivity index (χ4n) is 2.52. The molecule has 0 radical (unpaired) electrons. The van der Waals surface area contributed by atoms with Gasteiger partial charge in [0.05, 0.1) is 11.1 Å². The third-order valence-corrected chi connectivity index (χ3v) is 4.73. The predicted molar refractivity (Wildman–Crippen MR) is 92.2 cm³/mol. The number of benzene rings is 1. The Bertz CT molecular complexity index is 761. The van der Waals surface area contributed by atoms with Gasteiger partial charge in [-0.1, -0.05) is 6.07 Å². The first kappa shape index (κ1) is 17.6. The van der Waals surface area contributed by atoms with Crippen LogP contribution in [0.25, 0.3) is 0 Å². The van der Waals surface area contributed by atoms with Crippen molar-refractivity contribution in [1.82, 2.24) is 9.88 Å². The third kappa shape index (κ3) is 4.25. The number of hydrogen-bond acceptors (Lipinski definition) is 4. The molecule has 0 atom stereocenters. The Labute approximate surface area is 147 Å². The maximum absolute atomic E-state index is 12.9. The molecular weight excluding hydrogens is 351 g/mol. The number of alkyl halides is 3. The highest BCUT2D eigenvalue weighted by Crippen LogP contribution is 2.31. The topological polar surface area (TPSA) is 45.2 Å². The Hall–Kier alpha value is -2.22. The molecule has 1 aromatic carbocycles. The lowest BCUT2D eigenvalue weighted by molar-refractivity contribution is -0.137. The lowest BCUT2D eigenvalue weighted by Crippen LogP contribution is -2.38. The van der Waals surface area contributed by atoms with E-state index in [0.717, 1.165) is 23.6 Å². The molecule has 1 N–H and O–H groups in total. The minimum absolute atomic E-state index is 0.164. The zero-order valence-electron chi connectivity index (χ0n) is 13.2. The summed E-state index contributed by atoms with van der Waals surface area (Å²) in [6.45, 7) is 1.31. The molecule has 1 fully saturated rings. The molecule has 0 unspecified atom stereocenters. The zero-order valence-corrected chi connectivity index (χ0v) is 14.0. The van der Waals surface area contributed by atoms with Gasteiger partial charge >= 0.3 is 6.18 Å². The average molecular weight is 367 g/mol. The molecule has 1 aliphatic heterocycles. The van der Waals surface area contributed by atoms with Crippen molar-refractivity contribution in [2.24, 2.45) is 0 Å². The number of anilines is 2. The number of rotatable bonds is 3. The van der Waals surface area contributed by atoms with E-state index in [2.05, 4.69) is 10.3 Å². The number of aromatic nitrogens is 1. The lowest BCUT2D eigenvalue weighted by Gasteiger charge is -2.27. The first-order chi connectivity index (χ1) is 11.9. The molecule has 1 saturated heterocycles. The summed E-state index contributed by atoms with van der Waals surface area (Å²) in [6.07, 6.45) is -2.93. The normalized spacial score (nSPS) is 15.1. The van der Waals surface area contributed by atoms with E-state index in [1.165, 1.54) is 18.3 Å². The molecule has 3 rings (SSSR count). The van der Waals surface area contributed by atoms with Gasteiger partial charge in [0, 0.05) is 36.5 Å². The van der Waals surface area contributed by atoms with Gasteiger partial charge in [-0.3, -0.25) is 4.79 Å². The molecule has 4 nitrogen and oxygen atoms in total. The van der Waals surface area contributed by atoms with Gasteiger partial charge in [-0.2, -0.15) is 24.9 Å². The van der Waals surface area contributed by atoms with E-state index in [0.29, 0.717) is 18.7 Å². The van der Waals surface area contributed by atoms with Gasteiger partial charge in [-0.15, -0.1) is 0 Å². The zero-order chi connectivity index (χ0) is 17.9. The van der Waals surface area contributed by atoms with Crippen LogP contribution in [0.15, 0.2) is 42.6 Å². The summed E-state index contributed by atoms with van der Waals surface area (Å²) in [4.78, 5) is 18.6. The van der Waals surface area contributed by atoms with Gasteiger partial charge in [0.15, 0.2) is 0 Å². The Morgan fingerprint density at radius 2 is 1.92 bits per heavy atom. The molecule has 8 heteroatoms. The van der Waals surface area contributed by atoms with Gasteiger partial charge in [0.25, 0.3) is 5.91 Å².